The predicted molar refractivity (Wildman–Crippen MR) is 69.1 cm³/mol. The highest BCUT2D eigenvalue weighted by Crippen LogP contribution is 2.33. The van der Waals surface area contributed by atoms with E-state index in [-0.39, 0.29) is 0 Å². The number of benzene rings is 1. The van der Waals surface area contributed by atoms with E-state index in [1.165, 1.54) is 50.1 Å². The van der Waals surface area contributed by atoms with Gasteiger partial charge in [0.2, 0.25) is 0 Å². The second-order valence-electron chi connectivity index (χ2n) is 5.04. The van der Waals surface area contributed by atoms with Gasteiger partial charge in [0.15, 0.2) is 0 Å². The number of nitrogens with one attached hydrogen (secondary N) is 1. The van der Waals surface area contributed by atoms with Crippen LogP contribution in [0.25, 0.3) is 0 Å². The van der Waals surface area contributed by atoms with E-state index in [1.54, 1.807) is 0 Å². The first-order valence-electron chi connectivity index (χ1n) is 6.51. The van der Waals surface area contributed by atoms with Gasteiger partial charge in [-0.15, -0.1) is 0 Å². The van der Waals surface area contributed by atoms with Gasteiger partial charge in [0.1, 0.15) is 0 Å². The molecular weight excluding hydrogens is 196 g/mol. The molecule has 2 heteroatoms. The van der Waals surface area contributed by atoms with Crippen LogP contribution in [0.5, 0.6) is 0 Å². The number of rotatable bonds is 2. The molecule has 2 aliphatic rings. The third kappa shape index (κ3) is 1.89. The Hall–Kier alpha value is -1.18. The standard InChI is InChI=1S/C14H20N2/c1-2-8-14-13(7-1)15-9-4-10-16(14)11-12-5-3-6-12/h1-2,7-8,12,15H,3-6,9-11H2. The first-order valence-corrected chi connectivity index (χ1v) is 6.51. The zero-order valence-corrected chi connectivity index (χ0v) is 9.78. The van der Waals surface area contributed by atoms with Gasteiger partial charge in [0.05, 0.1) is 11.4 Å². The van der Waals surface area contributed by atoms with E-state index in [1.807, 2.05) is 0 Å². The molecule has 3 rings (SSSR count). The molecule has 0 unspecified atom stereocenters. The van der Waals surface area contributed by atoms with E-state index in [9.17, 15) is 0 Å². The molecule has 0 spiro atoms. The lowest BCUT2D eigenvalue weighted by atomic mass is 9.85. The number of fused-ring (bicyclic) bond motifs is 1. The van der Waals surface area contributed by atoms with E-state index in [4.69, 9.17) is 0 Å². The Labute approximate surface area is 97.6 Å². The van der Waals surface area contributed by atoms with Crippen LogP contribution >= 0.6 is 0 Å². The average molecular weight is 216 g/mol. The lowest BCUT2D eigenvalue weighted by molar-refractivity contribution is 0.318. The maximum absolute atomic E-state index is 3.52. The van der Waals surface area contributed by atoms with Crippen LogP contribution in [0.1, 0.15) is 25.7 Å². The molecule has 0 aromatic heterocycles. The molecule has 0 atom stereocenters. The third-order valence-electron chi connectivity index (χ3n) is 3.87. The number of para-hydroxylation sites is 2. The van der Waals surface area contributed by atoms with Crippen molar-refractivity contribution in [3.63, 3.8) is 0 Å². The molecule has 0 amide bonds. The minimum absolute atomic E-state index is 0.950. The van der Waals surface area contributed by atoms with Gasteiger partial charge in [-0.25, -0.2) is 0 Å². The second kappa shape index (κ2) is 4.36. The molecule has 16 heavy (non-hydrogen) atoms. The van der Waals surface area contributed by atoms with Gasteiger partial charge >= 0.3 is 0 Å². The highest BCUT2D eigenvalue weighted by Gasteiger charge is 2.22. The number of anilines is 2. The Balaban J connectivity index is 1.81. The quantitative estimate of drug-likeness (QED) is 0.817. The summed E-state index contributed by atoms with van der Waals surface area (Å²) in [7, 11) is 0. The fourth-order valence-electron chi connectivity index (χ4n) is 2.69. The summed E-state index contributed by atoms with van der Waals surface area (Å²) in [5.74, 6) is 0.950. The molecule has 0 bridgehead atoms. The van der Waals surface area contributed by atoms with Crippen molar-refractivity contribution >= 4 is 11.4 Å². The Bertz CT molecular complexity index is 358. The summed E-state index contributed by atoms with van der Waals surface area (Å²) < 4.78 is 0. The maximum Gasteiger partial charge on any atom is 0.0602 e. The van der Waals surface area contributed by atoms with Crippen LogP contribution in [0.15, 0.2) is 24.3 Å². The van der Waals surface area contributed by atoms with Crippen LogP contribution in [0, 0.1) is 5.92 Å². The van der Waals surface area contributed by atoms with Gasteiger partial charge in [-0.1, -0.05) is 18.6 Å². The molecule has 1 fully saturated rings. The van der Waals surface area contributed by atoms with Crippen LogP contribution in [0.2, 0.25) is 0 Å². The fourth-order valence-corrected chi connectivity index (χ4v) is 2.69. The van der Waals surface area contributed by atoms with Gasteiger partial charge < -0.3 is 10.2 Å². The number of hydrogen-bond acceptors (Lipinski definition) is 2. The SMILES string of the molecule is c1ccc2c(c1)NCCCN2CC1CCC1. The van der Waals surface area contributed by atoms with Crippen molar-refractivity contribution in [2.24, 2.45) is 5.92 Å². The van der Waals surface area contributed by atoms with E-state index < -0.39 is 0 Å². The van der Waals surface area contributed by atoms with E-state index in [0.717, 1.165) is 12.5 Å². The number of nitrogens with zero attached hydrogens (tertiary/aromatic N) is 1. The van der Waals surface area contributed by atoms with Crippen LogP contribution in [0.3, 0.4) is 0 Å². The van der Waals surface area contributed by atoms with E-state index >= 15 is 0 Å². The average Bonchev–Trinajstić information content (AvgIpc) is 2.46. The fraction of sp³-hybridized carbons (Fsp3) is 0.571. The van der Waals surface area contributed by atoms with Crippen molar-refractivity contribution in [3.8, 4) is 0 Å². The third-order valence-corrected chi connectivity index (χ3v) is 3.87. The normalized spacial score (nSPS) is 20.6. The molecule has 1 N–H and O–H groups in total. The molecule has 86 valence electrons. The maximum atomic E-state index is 3.52. The molecule has 1 aromatic carbocycles. The molecule has 1 aliphatic carbocycles. The lowest BCUT2D eigenvalue weighted by Gasteiger charge is -2.33. The Morgan fingerprint density at radius 2 is 2.06 bits per heavy atom. The van der Waals surface area contributed by atoms with E-state index in [2.05, 4.69) is 34.5 Å². The van der Waals surface area contributed by atoms with Gasteiger partial charge in [-0.3, -0.25) is 0 Å². The molecular formula is C14H20N2. The Morgan fingerprint density at radius 3 is 2.88 bits per heavy atom. The molecule has 2 nitrogen and oxygen atoms in total. The van der Waals surface area contributed by atoms with Gasteiger partial charge in [-0.05, 0) is 37.3 Å². The first-order chi connectivity index (χ1) is 7.93. The summed E-state index contributed by atoms with van der Waals surface area (Å²) in [6.07, 6.45) is 5.57. The van der Waals surface area contributed by atoms with Gasteiger partial charge in [0.25, 0.3) is 0 Å². The van der Waals surface area contributed by atoms with Crippen molar-refractivity contribution in [2.45, 2.75) is 25.7 Å². The summed E-state index contributed by atoms with van der Waals surface area (Å²) >= 11 is 0. The summed E-state index contributed by atoms with van der Waals surface area (Å²) in [6, 6.07) is 8.74. The molecule has 1 saturated carbocycles. The molecule has 0 radical (unpaired) electrons. The topological polar surface area (TPSA) is 15.3 Å². The monoisotopic (exact) mass is 216 g/mol. The van der Waals surface area contributed by atoms with Crippen LogP contribution in [-0.4, -0.2) is 19.6 Å². The van der Waals surface area contributed by atoms with Gasteiger partial charge in [0, 0.05) is 19.6 Å². The van der Waals surface area contributed by atoms with Crippen molar-refractivity contribution in [1.82, 2.24) is 0 Å². The largest absolute Gasteiger partial charge is 0.383 e. The first kappa shape index (κ1) is 10.0. The highest BCUT2D eigenvalue weighted by molar-refractivity contribution is 5.70. The van der Waals surface area contributed by atoms with Crippen molar-refractivity contribution in [1.29, 1.82) is 0 Å². The smallest absolute Gasteiger partial charge is 0.0602 e. The number of hydrogen-bond donors (Lipinski definition) is 1. The van der Waals surface area contributed by atoms with Crippen LogP contribution < -0.4 is 10.2 Å². The highest BCUT2D eigenvalue weighted by atomic mass is 15.2. The molecule has 1 aliphatic heterocycles. The van der Waals surface area contributed by atoms with Crippen LogP contribution in [0.4, 0.5) is 11.4 Å². The molecule has 1 aromatic rings. The summed E-state index contributed by atoms with van der Waals surface area (Å²) in [5.41, 5.74) is 2.73. The lowest BCUT2D eigenvalue weighted by Crippen LogP contribution is -2.33. The van der Waals surface area contributed by atoms with Crippen molar-refractivity contribution in [3.05, 3.63) is 24.3 Å². The Kier molecular flexibility index (Phi) is 2.73. The zero-order chi connectivity index (χ0) is 10.8. The minimum Gasteiger partial charge on any atom is -0.383 e. The van der Waals surface area contributed by atoms with Crippen LogP contribution in [-0.2, 0) is 0 Å². The van der Waals surface area contributed by atoms with E-state index in [0.29, 0.717) is 0 Å². The summed E-state index contributed by atoms with van der Waals surface area (Å²) in [5, 5.41) is 3.52. The Morgan fingerprint density at radius 1 is 1.19 bits per heavy atom. The minimum atomic E-state index is 0.950. The van der Waals surface area contributed by atoms with Crippen molar-refractivity contribution in [2.75, 3.05) is 29.9 Å². The molecule has 0 saturated heterocycles. The molecule has 1 heterocycles. The zero-order valence-electron chi connectivity index (χ0n) is 9.78. The second-order valence-corrected chi connectivity index (χ2v) is 5.04. The summed E-state index contributed by atoms with van der Waals surface area (Å²) in [6.45, 7) is 3.58. The predicted octanol–water partition coefficient (Wildman–Crippen LogP) is 3.11. The van der Waals surface area contributed by atoms with Crippen molar-refractivity contribution < 1.29 is 0 Å². The summed E-state index contributed by atoms with van der Waals surface area (Å²) in [4.78, 5) is 2.58. The van der Waals surface area contributed by atoms with Gasteiger partial charge in [-0.2, -0.15) is 0 Å².